The molecule has 1 aromatic carbocycles. The Bertz CT molecular complexity index is 656. The van der Waals surface area contributed by atoms with Crippen molar-refractivity contribution in [3.63, 3.8) is 0 Å². The van der Waals surface area contributed by atoms with E-state index in [1.807, 2.05) is 18.2 Å². The second-order valence-corrected chi connectivity index (χ2v) is 7.70. The normalized spacial score (nSPS) is 20.1. The van der Waals surface area contributed by atoms with Crippen molar-refractivity contribution in [1.29, 1.82) is 0 Å². The minimum absolute atomic E-state index is 0.287. The third kappa shape index (κ3) is 4.49. The number of benzene rings is 1. The van der Waals surface area contributed by atoms with Crippen LogP contribution in [0.2, 0.25) is 0 Å². The van der Waals surface area contributed by atoms with Gasteiger partial charge in [0, 0.05) is 25.2 Å². The van der Waals surface area contributed by atoms with E-state index in [0.29, 0.717) is 22.5 Å². The third-order valence-corrected chi connectivity index (χ3v) is 5.95. The van der Waals surface area contributed by atoms with Gasteiger partial charge in [-0.15, -0.1) is 0 Å². The molecule has 0 aromatic heterocycles. The monoisotopic (exact) mass is 375 g/mol. The SMILES string of the molecule is CCNC(=NCC(O)c1cc(OC)ccc1OC)N1CCC2(CCCC2)C1. The first-order valence-electron chi connectivity index (χ1n) is 10.0. The van der Waals surface area contributed by atoms with E-state index in [0.717, 1.165) is 25.6 Å². The third-order valence-electron chi connectivity index (χ3n) is 5.95. The van der Waals surface area contributed by atoms with Crippen LogP contribution in [0.3, 0.4) is 0 Å². The van der Waals surface area contributed by atoms with E-state index >= 15 is 0 Å². The van der Waals surface area contributed by atoms with Crippen molar-refractivity contribution in [3.05, 3.63) is 23.8 Å². The highest BCUT2D eigenvalue weighted by atomic mass is 16.5. The molecule has 6 heteroatoms. The zero-order valence-electron chi connectivity index (χ0n) is 16.8. The van der Waals surface area contributed by atoms with Gasteiger partial charge in [0.1, 0.15) is 17.6 Å². The zero-order valence-corrected chi connectivity index (χ0v) is 16.8. The highest BCUT2D eigenvalue weighted by molar-refractivity contribution is 5.80. The van der Waals surface area contributed by atoms with E-state index in [1.165, 1.54) is 32.1 Å². The lowest BCUT2D eigenvalue weighted by Crippen LogP contribution is -2.41. The maximum Gasteiger partial charge on any atom is 0.194 e. The van der Waals surface area contributed by atoms with Gasteiger partial charge in [0.05, 0.1) is 20.8 Å². The number of methoxy groups -OCH3 is 2. The van der Waals surface area contributed by atoms with Crippen LogP contribution in [0.4, 0.5) is 0 Å². The van der Waals surface area contributed by atoms with Gasteiger partial charge in [-0.25, -0.2) is 0 Å². The molecule has 2 aliphatic rings. The number of aliphatic hydroxyl groups excluding tert-OH is 1. The molecule has 1 saturated carbocycles. The van der Waals surface area contributed by atoms with E-state index in [1.54, 1.807) is 14.2 Å². The van der Waals surface area contributed by atoms with Crippen molar-refractivity contribution in [2.24, 2.45) is 10.4 Å². The Morgan fingerprint density at radius 1 is 1.26 bits per heavy atom. The highest BCUT2D eigenvalue weighted by Crippen LogP contribution is 2.45. The summed E-state index contributed by atoms with van der Waals surface area (Å²) in [6.07, 6.45) is 5.90. The summed E-state index contributed by atoms with van der Waals surface area (Å²) in [7, 11) is 3.22. The van der Waals surface area contributed by atoms with Crippen LogP contribution in [0.15, 0.2) is 23.2 Å². The molecule has 1 atom stereocenters. The molecule has 1 saturated heterocycles. The summed E-state index contributed by atoms with van der Waals surface area (Å²) in [5.74, 6) is 2.25. The van der Waals surface area contributed by atoms with Gasteiger partial charge in [0.15, 0.2) is 5.96 Å². The molecule has 1 aromatic rings. The largest absolute Gasteiger partial charge is 0.497 e. The number of rotatable bonds is 6. The van der Waals surface area contributed by atoms with Crippen LogP contribution in [0.5, 0.6) is 11.5 Å². The first kappa shape index (κ1) is 19.8. The van der Waals surface area contributed by atoms with E-state index in [2.05, 4.69) is 17.1 Å². The Kier molecular flexibility index (Phi) is 6.47. The molecule has 1 aliphatic heterocycles. The lowest BCUT2D eigenvalue weighted by molar-refractivity contribution is 0.181. The summed E-state index contributed by atoms with van der Waals surface area (Å²) in [6.45, 7) is 5.32. The Morgan fingerprint density at radius 2 is 2.04 bits per heavy atom. The topological polar surface area (TPSA) is 66.3 Å². The van der Waals surface area contributed by atoms with Gasteiger partial charge in [-0.2, -0.15) is 0 Å². The van der Waals surface area contributed by atoms with E-state index in [9.17, 15) is 5.11 Å². The number of guanidine groups is 1. The van der Waals surface area contributed by atoms with Crippen LogP contribution < -0.4 is 14.8 Å². The molecule has 0 bridgehead atoms. The van der Waals surface area contributed by atoms with Crippen molar-refractivity contribution in [3.8, 4) is 11.5 Å². The van der Waals surface area contributed by atoms with E-state index < -0.39 is 6.10 Å². The Balaban J connectivity index is 1.71. The highest BCUT2D eigenvalue weighted by Gasteiger charge is 2.41. The van der Waals surface area contributed by atoms with Crippen molar-refractivity contribution in [2.75, 3.05) is 40.4 Å². The van der Waals surface area contributed by atoms with Crippen LogP contribution in [0.1, 0.15) is 50.7 Å². The van der Waals surface area contributed by atoms with Crippen LogP contribution in [-0.4, -0.2) is 56.4 Å². The minimum Gasteiger partial charge on any atom is -0.497 e. The van der Waals surface area contributed by atoms with E-state index in [-0.39, 0.29) is 6.54 Å². The first-order chi connectivity index (χ1) is 13.1. The molecular weight excluding hydrogens is 342 g/mol. The molecule has 27 heavy (non-hydrogen) atoms. The molecule has 1 heterocycles. The number of hydrogen-bond acceptors (Lipinski definition) is 4. The van der Waals surface area contributed by atoms with Crippen molar-refractivity contribution in [1.82, 2.24) is 10.2 Å². The standard InChI is InChI=1S/C21H33N3O3/c1-4-22-20(24-12-11-21(15-24)9-5-6-10-21)23-14-18(25)17-13-16(26-2)7-8-19(17)27-3/h7-8,13,18,25H,4-6,9-12,14-15H2,1-3H3,(H,22,23). The average Bonchev–Trinajstić information content (AvgIpc) is 3.34. The van der Waals surface area contributed by atoms with Gasteiger partial charge in [0.25, 0.3) is 0 Å². The van der Waals surface area contributed by atoms with Gasteiger partial charge in [0.2, 0.25) is 0 Å². The molecule has 2 fully saturated rings. The molecule has 2 N–H and O–H groups in total. The maximum absolute atomic E-state index is 10.7. The van der Waals surface area contributed by atoms with Crippen molar-refractivity contribution >= 4 is 5.96 Å². The molecule has 1 unspecified atom stereocenters. The van der Waals surface area contributed by atoms with Gasteiger partial charge >= 0.3 is 0 Å². The number of hydrogen-bond donors (Lipinski definition) is 2. The fourth-order valence-corrected chi connectivity index (χ4v) is 4.45. The summed E-state index contributed by atoms with van der Waals surface area (Å²) in [5.41, 5.74) is 1.19. The number of aliphatic hydroxyl groups is 1. The average molecular weight is 376 g/mol. The first-order valence-corrected chi connectivity index (χ1v) is 10.0. The van der Waals surface area contributed by atoms with Gasteiger partial charge in [-0.05, 0) is 49.8 Å². The molecule has 3 rings (SSSR count). The minimum atomic E-state index is -0.744. The van der Waals surface area contributed by atoms with Crippen LogP contribution >= 0.6 is 0 Å². The summed E-state index contributed by atoms with van der Waals surface area (Å²) in [4.78, 5) is 7.11. The predicted molar refractivity (Wildman–Crippen MR) is 108 cm³/mol. The fraction of sp³-hybridized carbons (Fsp3) is 0.667. The predicted octanol–water partition coefficient (Wildman–Crippen LogP) is 2.97. The molecular formula is C21H33N3O3. The summed E-state index contributed by atoms with van der Waals surface area (Å²) in [6, 6.07) is 5.46. The van der Waals surface area contributed by atoms with Crippen molar-refractivity contribution < 1.29 is 14.6 Å². The Hall–Kier alpha value is -1.95. The second-order valence-electron chi connectivity index (χ2n) is 7.70. The van der Waals surface area contributed by atoms with Crippen LogP contribution in [0, 0.1) is 5.41 Å². The second kappa shape index (κ2) is 8.83. The molecule has 1 aliphatic carbocycles. The molecule has 0 radical (unpaired) electrons. The number of ether oxygens (including phenoxy) is 2. The van der Waals surface area contributed by atoms with Crippen molar-refractivity contribution in [2.45, 2.75) is 45.1 Å². The Morgan fingerprint density at radius 3 is 2.70 bits per heavy atom. The molecule has 1 spiro atoms. The molecule has 6 nitrogen and oxygen atoms in total. The Labute approximate surface area is 162 Å². The van der Waals surface area contributed by atoms with Gasteiger partial charge in [-0.3, -0.25) is 4.99 Å². The lowest BCUT2D eigenvalue weighted by atomic mass is 9.86. The smallest absolute Gasteiger partial charge is 0.194 e. The lowest BCUT2D eigenvalue weighted by Gasteiger charge is -2.26. The van der Waals surface area contributed by atoms with Gasteiger partial charge < -0.3 is 24.8 Å². The quantitative estimate of drug-likeness (QED) is 0.591. The maximum atomic E-state index is 10.7. The molecule has 150 valence electrons. The number of nitrogens with one attached hydrogen (secondary N) is 1. The number of aliphatic imine (C=N–C) groups is 1. The van der Waals surface area contributed by atoms with Crippen LogP contribution in [0.25, 0.3) is 0 Å². The van der Waals surface area contributed by atoms with E-state index in [4.69, 9.17) is 14.5 Å². The zero-order chi connectivity index (χ0) is 19.3. The number of likely N-dealkylation sites (tertiary alicyclic amines) is 1. The summed E-state index contributed by atoms with van der Waals surface area (Å²) in [5, 5.41) is 14.1. The fourth-order valence-electron chi connectivity index (χ4n) is 4.45. The number of nitrogens with zero attached hydrogens (tertiary/aromatic N) is 2. The summed E-state index contributed by atoms with van der Waals surface area (Å²) >= 11 is 0. The van der Waals surface area contributed by atoms with Crippen LogP contribution in [-0.2, 0) is 0 Å². The summed E-state index contributed by atoms with van der Waals surface area (Å²) < 4.78 is 10.7. The molecule has 0 amide bonds. The van der Waals surface area contributed by atoms with Gasteiger partial charge in [-0.1, -0.05) is 12.8 Å².